The van der Waals surface area contributed by atoms with E-state index in [2.05, 4.69) is 4.98 Å². The molecule has 0 bridgehead atoms. The summed E-state index contributed by atoms with van der Waals surface area (Å²) in [6.45, 7) is 1.52. The third-order valence-electron chi connectivity index (χ3n) is 3.24. The van der Waals surface area contributed by atoms with Gasteiger partial charge in [-0.25, -0.2) is 4.39 Å². The van der Waals surface area contributed by atoms with E-state index in [0.29, 0.717) is 11.1 Å². The molecular weight excluding hydrogens is 241 g/mol. The van der Waals surface area contributed by atoms with Crippen LogP contribution in [0.15, 0.2) is 48.7 Å². The third-order valence-corrected chi connectivity index (χ3v) is 3.24. The van der Waals surface area contributed by atoms with Gasteiger partial charge in [0.15, 0.2) is 5.78 Å². The molecule has 0 aliphatic carbocycles. The highest BCUT2D eigenvalue weighted by Crippen LogP contribution is 2.27. The minimum atomic E-state index is -0.273. The van der Waals surface area contributed by atoms with Gasteiger partial charge in [0, 0.05) is 28.2 Å². The molecule has 0 aliphatic rings. The zero-order valence-electron chi connectivity index (χ0n) is 10.4. The number of hydrogen-bond donors (Lipinski definition) is 1. The largest absolute Gasteiger partial charge is 0.361 e. The summed E-state index contributed by atoms with van der Waals surface area (Å²) in [4.78, 5) is 14.2. The topological polar surface area (TPSA) is 32.9 Å². The lowest BCUT2D eigenvalue weighted by molar-refractivity contribution is 0.101. The quantitative estimate of drug-likeness (QED) is 0.683. The van der Waals surface area contributed by atoms with Gasteiger partial charge < -0.3 is 4.98 Å². The van der Waals surface area contributed by atoms with E-state index < -0.39 is 0 Å². The molecule has 19 heavy (non-hydrogen) atoms. The maximum Gasteiger partial charge on any atom is 0.159 e. The maximum absolute atomic E-state index is 14.1. The molecule has 0 spiro atoms. The highest BCUT2D eigenvalue weighted by Gasteiger charge is 2.08. The van der Waals surface area contributed by atoms with E-state index in [1.807, 2.05) is 12.1 Å². The van der Waals surface area contributed by atoms with E-state index in [0.717, 1.165) is 16.5 Å². The number of Topliss-reactive ketones (excluding diaryl/α,β-unsaturated/α-hetero) is 1. The first-order valence-corrected chi connectivity index (χ1v) is 6.03. The van der Waals surface area contributed by atoms with Crippen LogP contribution in [0.4, 0.5) is 4.39 Å². The number of fused-ring (bicyclic) bond motifs is 1. The number of aromatic amines is 1. The molecule has 0 fully saturated rings. The van der Waals surface area contributed by atoms with Crippen molar-refractivity contribution in [1.82, 2.24) is 4.98 Å². The van der Waals surface area contributed by atoms with Crippen molar-refractivity contribution in [2.24, 2.45) is 0 Å². The molecule has 1 aromatic heterocycles. The number of aromatic nitrogens is 1. The summed E-state index contributed by atoms with van der Waals surface area (Å²) in [6.07, 6.45) is 1.78. The minimum Gasteiger partial charge on any atom is -0.361 e. The van der Waals surface area contributed by atoms with Crippen LogP contribution in [0.5, 0.6) is 0 Å². The lowest BCUT2D eigenvalue weighted by Gasteiger charge is -2.05. The Balaban J connectivity index is 2.12. The Bertz CT molecular complexity index is 756. The molecule has 0 atom stereocenters. The Morgan fingerprint density at radius 3 is 2.53 bits per heavy atom. The van der Waals surface area contributed by atoms with Crippen LogP contribution in [0.1, 0.15) is 17.3 Å². The average Bonchev–Trinajstić information content (AvgIpc) is 2.85. The Labute approximate surface area is 109 Å². The van der Waals surface area contributed by atoms with Crippen LogP contribution in [0.2, 0.25) is 0 Å². The van der Waals surface area contributed by atoms with E-state index >= 15 is 0 Å². The molecule has 94 valence electrons. The van der Waals surface area contributed by atoms with Crippen LogP contribution in [0.3, 0.4) is 0 Å². The number of nitrogens with one attached hydrogen (secondary N) is 1. The fourth-order valence-electron chi connectivity index (χ4n) is 2.18. The van der Waals surface area contributed by atoms with Crippen molar-refractivity contribution in [3.05, 3.63) is 60.0 Å². The fourth-order valence-corrected chi connectivity index (χ4v) is 2.18. The van der Waals surface area contributed by atoms with Crippen LogP contribution < -0.4 is 0 Å². The highest BCUT2D eigenvalue weighted by atomic mass is 19.1. The van der Waals surface area contributed by atoms with Gasteiger partial charge in [0.1, 0.15) is 5.82 Å². The zero-order valence-corrected chi connectivity index (χ0v) is 10.4. The monoisotopic (exact) mass is 253 g/mol. The van der Waals surface area contributed by atoms with Gasteiger partial charge in [0.2, 0.25) is 0 Å². The zero-order chi connectivity index (χ0) is 13.4. The summed E-state index contributed by atoms with van der Waals surface area (Å²) in [5, 5.41) is 0.965. The number of carbonyl (C=O) groups is 1. The first-order valence-electron chi connectivity index (χ1n) is 6.03. The lowest BCUT2D eigenvalue weighted by atomic mass is 10.0. The summed E-state index contributed by atoms with van der Waals surface area (Å²) in [5.74, 6) is -0.265. The minimum absolute atomic E-state index is 0.00751. The Morgan fingerprint density at radius 1 is 1.11 bits per heavy atom. The molecule has 0 amide bonds. The number of rotatable bonds is 2. The average molecular weight is 253 g/mol. The standard InChI is InChI=1S/C16H12FNO/c1-10(19)11-2-4-12(5-3-11)14-8-13-6-7-18-16(13)9-15(14)17/h2-9,18H,1H3. The predicted octanol–water partition coefficient (Wildman–Crippen LogP) is 4.18. The third kappa shape index (κ3) is 2.03. The van der Waals surface area contributed by atoms with Gasteiger partial charge >= 0.3 is 0 Å². The van der Waals surface area contributed by atoms with E-state index in [9.17, 15) is 9.18 Å². The van der Waals surface area contributed by atoms with Gasteiger partial charge in [-0.1, -0.05) is 24.3 Å². The van der Waals surface area contributed by atoms with Gasteiger partial charge in [-0.15, -0.1) is 0 Å². The number of hydrogen-bond acceptors (Lipinski definition) is 1. The summed E-state index contributed by atoms with van der Waals surface area (Å²) >= 11 is 0. The summed E-state index contributed by atoms with van der Waals surface area (Å²) in [6, 6.07) is 12.2. The molecule has 1 heterocycles. The van der Waals surface area contributed by atoms with Crippen molar-refractivity contribution in [2.45, 2.75) is 6.92 Å². The SMILES string of the molecule is CC(=O)c1ccc(-c2cc3cc[nH]c3cc2F)cc1. The summed E-state index contributed by atoms with van der Waals surface area (Å²) in [7, 11) is 0. The summed E-state index contributed by atoms with van der Waals surface area (Å²) in [5.41, 5.74) is 2.72. The molecule has 2 nitrogen and oxygen atoms in total. The molecule has 3 aromatic rings. The van der Waals surface area contributed by atoms with Crippen LogP contribution in [-0.4, -0.2) is 10.8 Å². The van der Waals surface area contributed by atoms with Crippen molar-refractivity contribution < 1.29 is 9.18 Å². The van der Waals surface area contributed by atoms with Crippen LogP contribution in [0.25, 0.3) is 22.0 Å². The lowest BCUT2D eigenvalue weighted by Crippen LogP contribution is -1.91. The van der Waals surface area contributed by atoms with Crippen molar-refractivity contribution in [1.29, 1.82) is 0 Å². The number of halogens is 1. The molecule has 3 rings (SSSR count). The van der Waals surface area contributed by atoms with Crippen molar-refractivity contribution in [3.63, 3.8) is 0 Å². The number of H-pyrrole nitrogens is 1. The van der Waals surface area contributed by atoms with Gasteiger partial charge in [0.05, 0.1) is 0 Å². The Morgan fingerprint density at radius 2 is 1.84 bits per heavy atom. The van der Waals surface area contributed by atoms with E-state index in [4.69, 9.17) is 0 Å². The molecule has 3 heteroatoms. The predicted molar refractivity (Wildman–Crippen MR) is 73.7 cm³/mol. The van der Waals surface area contributed by atoms with E-state index in [1.165, 1.54) is 13.0 Å². The van der Waals surface area contributed by atoms with Crippen molar-refractivity contribution >= 4 is 16.7 Å². The van der Waals surface area contributed by atoms with Gasteiger partial charge in [0.25, 0.3) is 0 Å². The first-order chi connectivity index (χ1) is 9.15. The normalized spacial score (nSPS) is 10.8. The Kier molecular flexibility index (Phi) is 2.67. The molecule has 0 saturated heterocycles. The summed E-state index contributed by atoms with van der Waals surface area (Å²) < 4.78 is 14.1. The fraction of sp³-hybridized carbons (Fsp3) is 0.0625. The molecule has 1 N–H and O–H groups in total. The van der Waals surface area contributed by atoms with E-state index in [1.54, 1.807) is 30.5 Å². The highest BCUT2D eigenvalue weighted by molar-refractivity contribution is 5.94. The smallest absolute Gasteiger partial charge is 0.159 e. The second-order valence-electron chi connectivity index (χ2n) is 4.53. The Hall–Kier alpha value is -2.42. The van der Waals surface area contributed by atoms with Crippen LogP contribution in [0, 0.1) is 5.82 Å². The molecule has 2 aromatic carbocycles. The molecule has 0 unspecified atom stereocenters. The molecular formula is C16H12FNO. The van der Waals surface area contributed by atoms with Gasteiger partial charge in [-0.3, -0.25) is 4.79 Å². The molecule has 0 aliphatic heterocycles. The van der Waals surface area contributed by atoms with Gasteiger partial charge in [-0.2, -0.15) is 0 Å². The van der Waals surface area contributed by atoms with Crippen LogP contribution >= 0.6 is 0 Å². The number of benzene rings is 2. The number of ketones is 1. The second kappa shape index (κ2) is 4.35. The van der Waals surface area contributed by atoms with Crippen molar-refractivity contribution in [3.8, 4) is 11.1 Å². The number of carbonyl (C=O) groups excluding carboxylic acids is 1. The molecule has 0 radical (unpaired) electrons. The van der Waals surface area contributed by atoms with Gasteiger partial charge in [-0.05, 0) is 30.7 Å². The van der Waals surface area contributed by atoms with Crippen LogP contribution in [-0.2, 0) is 0 Å². The second-order valence-corrected chi connectivity index (χ2v) is 4.53. The first kappa shape index (κ1) is 11.7. The molecule has 0 saturated carbocycles. The van der Waals surface area contributed by atoms with Crippen molar-refractivity contribution in [2.75, 3.05) is 0 Å². The van der Waals surface area contributed by atoms with E-state index in [-0.39, 0.29) is 11.6 Å². The maximum atomic E-state index is 14.1.